The minimum Gasteiger partial charge on any atom is -0.352 e. The van der Waals surface area contributed by atoms with E-state index in [1.54, 1.807) is 11.8 Å². The van der Waals surface area contributed by atoms with E-state index in [1.807, 2.05) is 107 Å². The average Bonchev–Trinajstić information content (AvgIpc) is 4.10. The monoisotopic (exact) mass is 991 g/mol. The first kappa shape index (κ1) is 58.0. The van der Waals surface area contributed by atoms with Gasteiger partial charge in [0.2, 0.25) is 0 Å². The molecule has 0 bridgehead atoms. The van der Waals surface area contributed by atoms with Gasteiger partial charge >= 0.3 is 0 Å². The highest BCUT2D eigenvalue weighted by Gasteiger charge is 2.45. The van der Waals surface area contributed by atoms with Crippen LogP contribution in [0.1, 0.15) is 134 Å². The van der Waals surface area contributed by atoms with Gasteiger partial charge < -0.3 is 56.8 Å². The van der Waals surface area contributed by atoms with Crippen LogP contribution in [-0.2, 0) is 75.8 Å². The fourth-order valence-corrected chi connectivity index (χ4v) is 10.8. The molecule has 4 fully saturated rings. The number of thioether (sulfide) groups is 3. The highest BCUT2D eigenvalue weighted by molar-refractivity contribution is 8.05. The van der Waals surface area contributed by atoms with Crippen LogP contribution in [0.5, 0.6) is 0 Å². The lowest BCUT2D eigenvalue weighted by Crippen LogP contribution is -2.40. The van der Waals surface area contributed by atoms with Crippen molar-refractivity contribution in [2.75, 3.05) is 75.9 Å². The van der Waals surface area contributed by atoms with Crippen LogP contribution in [0.15, 0.2) is 0 Å². The van der Waals surface area contributed by atoms with E-state index in [2.05, 4.69) is 0 Å². The molecule has 0 aromatic heterocycles. The van der Waals surface area contributed by atoms with Gasteiger partial charge in [0.25, 0.3) is 23.9 Å². The standard InChI is InChI=1S/C46H86O16S3/c1-13-39(59-43(17-5)51-25-33(9)55-43)47-21-23-63-31-37(29-49-41(15-3)61-45(19-7)53-27-35(11)57-45)65-32-38(30-50-42(16-4)62-46(20-8)54-28-36(12)58-46)64-24-22-48-40(14-2)60-44(18-6)52-26-34(10)56-44/h33-42H,13-32H2,1-12H3. The van der Waals surface area contributed by atoms with E-state index >= 15 is 0 Å². The molecule has 4 aliphatic heterocycles. The van der Waals surface area contributed by atoms with Crippen molar-refractivity contribution in [3.8, 4) is 0 Å². The molecule has 16 nitrogen and oxygen atoms in total. The minimum absolute atomic E-state index is 0.0259. The lowest BCUT2D eigenvalue weighted by atomic mass is 10.4. The maximum absolute atomic E-state index is 6.53. The van der Waals surface area contributed by atoms with Gasteiger partial charge in [-0.1, -0.05) is 55.4 Å². The molecule has 0 aromatic carbocycles. The number of hydrogen-bond donors (Lipinski definition) is 0. The van der Waals surface area contributed by atoms with Crippen molar-refractivity contribution in [1.82, 2.24) is 0 Å². The lowest BCUT2D eigenvalue weighted by Gasteiger charge is -2.32. The van der Waals surface area contributed by atoms with E-state index in [1.165, 1.54) is 0 Å². The topological polar surface area (TPSA) is 148 Å². The van der Waals surface area contributed by atoms with E-state index in [4.69, 9.17) is 75.8 Å². The zero-order chi connectivity index (χ0) is 47.4. The predicted molar refractivity (Wildman–Crippen MR) is 252 cm³/mol. The molecule has 14 atom stereocenters. The second-order valence-corrected chi connectivity index (χ2v) is 20.7. The second kappa shape index (κ2) is 29.7. The molecule has 0 spiro atoms. The largest absolute Gasteiger partial charge is 0.352 e. The van der Waals surface area contributed by atoms with Gasteiger partial charge in [0.15, 0.2) is 25.2 Å². The molecule has 14 unspecified atom stereocenters. The summed E-state index contributed by atoms with van der Waals surface area (Å²) in [5, 5.41) is 0.200. The Morgan fingerprint density at radius 1 is 0.431 bits per heavy atom. The van der Waals surface area contributed by atoms with Crippen LogP contribution in [0.4, 0.5) is 0 Å². The molecule has 4 saturated heterocycles. The Bertz CT molecular complexity index is 1280. The summed E-state index contributed by atoms with van der Waals surface area (Å²) in [6.07, 6.45) is 2.77. The summed E-state index contributed by atoms with van der Waals surface area (Å²) in [5.41, 5.74) is 0. The van der Waals surface area contributed by atoms with E-state index in [9.17, 15) is 0 Å². The van der Waals surface area contributed by atoms with E-state index in [0.717, 1.165) is 23.0 Å². The molecular formula is C46H86O16S3. The third-order valence-corrected chi connectivity index (χ3v) is 15.1. The summed E-state index contributed by atoms with van der Waals surface area (Å²) in [4.78, 5) is 0. The van der Waals surface area contributed by atoms with Crippen LogP contribution in [0.3, 0.4) is 0 Å². The number of hydrogen-bond acceptors (Lipinski definition) is 19. The van der Waals surface area contributed by atoms with Gasteiger partial charge in [-0.15, -0.1) is 0 Å². The fraction of sp³-hybridized carbons (Fsp3) is 1.00. The smallest absolute Gasteiger partial charge is 0.285 e. The molecule has 0 N–H and O–H groups in total. The van der Waals surface area contributed by atoms with E-state index in [-0.39, 0.29) is 34.9 Å². The molecule has 0 saturated carbocycles. The van der Waals surface area contributed by atoms with Crippen LogP contribution in [0.2, 0.25) is 0 Å². The first-order valence-electron chi connectivity index (χ1n) is 24.5. The van der Waals surface area contributed by atoms with Gasteiger partial charge in [-0.2, -0.15) is 35.3 Å². The number of ether oxygens (including phenoxy) is 16. The third-order valence-electron chi connectivity index (χ3n) is 11.0. The Morgan fingerprint density at radius 3 is 1.06 bits per heavy atom. The summed E-state index contributed by atoms with van der Waals surface area (Å²) in [6, 6.07) is 0. The van der Waals surface area contributed by atoms with Crippen molar-refractivity contribution in [2.45, 2.75) is 218 Å². The van der Waals surface area contributed by atoms with Crippen molar-refractivity contribution < 1.29 is 75.8 Å². The Morgan fingerprint density at radius 2 is 0.754 bits per heavy atom. The molecule has 0 amide bonds. The van der Waals surface area contributed by atoms with Gasteiger partial charge in [0, 0.05) is 59.2 Å². The highest BCUT2D eigenvalue weighted by Crippen LogP contribution is 2.35. The normalized spacial score (nSPS) is 33.4. The van der Waals surface area contributed by atoms with E-state index in [0.29, 0.717) is 104 Å². The molecule has 0 aromatic rings. The molecule has 4 aliphatic rings. The van der Waals surface area contributed by atoms with Crippen molar-refractivity contribution in [3.05, 3.63) is 0 Å². The third kappa shape index (κ3) is 19.2. The van der Waals surface area contributed by atoms with Crippen molar-refractivity contribution >= 4 is 35.3 Å². The van der Waals surface area contributed by atoms with Crippen molar-refractivity contribution in [3.63, 3.8) is 0 Å². The minimum atomic E-state index is -1.11. The van der Waals surface area contributed by atoms with Crippen LogP contribution < -0.4 is 0 Å². The fourth-order valence-electron chi connectivity index (χ4n) is 7.35. The van der Waals surface area contributed by atoms with Crippen LogP contribution in [0, 0.1) is 0 Å². The molecule has 4 rings (SSSR count). The summed E-state index contributed by atoms with van der Waals surface area (Å²) < 4.78 is 98.7. The predicted octanol–water partition coefficient (Wildman–Crippen LogP) is 9.00. The molecule has 0 radical (unpaired) electrons. The molecule has 4 heterocycles. The Labute approximate surface area is 403 Å². The van der Waals surface area contributed by atoms with Gasteiger partial charge in [-0.25, -0.2) is 0 Å². The summed E-state index contributed by atoms with van der Waals surface area (Å²) in [5.74, 6) is -1.26. The zero-order valence-electron chi connectivity index (χ0n) is 41.7. The zero-order valence-corrected chi connectivity index (χ0v) is 44.1. The summed E-state index contributed by atoms with van der Waals surface area (Å²) in [7, 11) is 0. The molecular weight excluding hydrogens is 905 g/mol. The Kier molecular flexibility index (Phi) is 26.5. The second-order valence-electron chi connectivity index (χ2n) is 16.9. The van der Waals surface area contributed by atoms with Crippen LogP contribution in [-0.4, -0.2) is 160 Å². The summed E-state index contributed by atoms with van der Waals surface area (Å²) >= 11 is 5.48. The molecule has 19 heteroatoms. The molecule has 65 heavy (non-hydrogen) atoms. The molecule has 384 valence electrons. The van der Waals surface area contributed by atoms with Gasteiger partial charge in [-0.05, 0) is 53.4 Å². The molecule has 0 aliphatic carbocycles. The highest BCUT2D eigenvalue weighted by atomic mass is 32.2. The van der Waals surface area contributed by atoms with E-state index < -0.39 is 49.1 Å². The quantitative estimate of drug-likeness (QED) is 0.0434. The van der Waals surface area contributed by atoms with Crippen LogP contribution in [0.25, 0.3) is 0 Å². The average molecular weight is 991 g/mol. The van der Waals surface area contributed by atoms with Crippen molar-refractivity contribution in [1.29, 1.82) is 0 Å². The maximum Gasteiger partial charge on any atom is 0.285 e. The summed E-state index contributed by atoms with van der Waals surface area (Å²) in [6.45, 7) is 27.9. The number of rotatable bonds is 36. The van der Waals surface area contributed by atoms with Gasteiger partial charge in [0.1, 0.15) is 0 Å². The maximum atomic E-state index is 6.53. The first-order valence-corrected chi connectivity index (χ1v) is 27.7. The van der Waals surface area contributed by atoms with Crippen molar-refractivity contribution in [2.24, 2.45) is 0 Å². The van der Waals surface area contributed by atoms with Crippen LogP contribution >= 0.6 is 35.3 Å². The Balaban J connectivity index is 1.40. The van der Waals surface area contributed by atoms with Gasteiger partial charge in [0.05, 0.1) is 77.3 Å². The first-order chi connectivity index (χ1) is 31.2. The lowest BCUT2D eigenvalue weighted by molar-refractivity contribution is -0.386. The van der Waals surface area contributed by atoms with Gasteiger partial charge in [-0.3, -0.25) is 18.9 Å². The Hall–Kier alpha value is 0.410. The SMILES string of the molecule is CCC(OCCSCC(COC(CC)OC1(CC)OCC(C)O1)SCC(COC(CC)OC1(CC)OCC(C)O1)SCCOC(CC)OC1(CC)OCC(C)O1)OC1(CC)OCC(C)O1.